The van der Waals surface area contributed by atoms with Gasteiger partial charge in [0.1, 0.15) is 5.75 Å². The molecule has 2 aromatic rings. The molecular weight excluding hydrogens is 342 g/mol. The summed E-state index contributed by atoms with van der Waals surface area (Å²) in [5, 5.41) is 0.519. The molecule has 0 unspecified atom stereocenters. The molecule has 0 atom stereocenters. The maximum absolute atomic E-state index is 12.4. The lowest BCUT2D eigenvalue weighted by molar-refractivity contribution is 0.0993. The van der Waals surface area contributed by atoms with Crippen LogP contribution < -0.4 is 9.64 Å². The zero-order chi connectivity index (χ0) is 14.7. The Morgan fingerprint density at radius 3 is 2.40 bits per heavy atom. The highest BCUT2D eigenvalue weighted by Crippen LogP contribution is 2.23. The molecular formula is C15H13BrClNO2. The monoisotopic (exact) mass is 353 g/mol. The van der Waals surface area contributed by atoms with Crippen molar-refractivity contribution in [3.05, 3.63) is 57.5 Å². The van der Waals surface area contributed by atoms with Crippen LogP contribution in [0.1, 0.15) is 10.4 Å². The molecule has 0 aromatic heterocycles. The highest BCUT2D eigenvalue weighted by Gasteiger charge is 2.14. The number of hydrogen-bond donors (Lipinski definition) is 0. The van der Waals surface area contributed by atoms with Crippen LogP contribution in [0.3, 0.4) is 0 Å². The number of nitrogens with zero attached hydrogens (tertiary/aromatic N) is 1. The molecule has 0 aliphatic rings. The van der Waals surface area contributed by atoms with Crippen LogP contribution >= 0.6 is 27.5 Å². The summed E-state index contributed by atoms with van der Waals surface area (Å²) in [6.07, 6.45) is 0. The number of ether oxygens (including phenoxy) is 1. The van der Waals surface area contributed by atoms with Crippen LogP contribution in [0.25, 0.3) is 0 Å². The van der Waals surface area contributed by atoms with Gasteiger partial charge in [0.2, 0.25) is 0 Å². The van der Waals surface area contributed by atoms with Gasteiger partial charge in [-0.2, -0.15) is 0 Å². The van der Waals surface area contributed by atoms with Gasteiger partial charge in [0.25, 0.3) is 5.91 Å². The molecule has 104 valence electrons. The highest BCUT2D eigenvalue weighted by atomic mass is 79.9. The predicted molar refractivity (Wildman–Crippen MR) is 84.9 cm³/mol. The molecule has 0 aliphatic heterocycles. The largest absolute Gasteiger partial charge is 0.497 e. The SMILES string of the molecule is COc1ccc(N(C)C(=O)c2cc(Cl)cc(Br)c2)cc1. The fourth-order valence-corrected chi connectivity index (χ4v) is 2.65. The smallest absolute Gasteiger partial charge is 0.258 e. The van der Waals surface area contributed by atoms with Gasteiger partial charge in [0.05, 0.1) is 7.11 Å². The molecule has 0 spiro atoms. The van der Waals surface area contributed by atoms with Gasteiger partial charge >= 0.3 is 0 Å². The molecule has 2 rings (SSSR count). The van der Waals surface area contributed by atoms with Crippen molar-refractivity contribution in [2.75, 3.05) is 19.1 Å². The lowest BCUT2D eigenvalue weighted by atomic mass is 10.2. The minimum atomic E-state index is -0.127. The molecule has 20 heavy (non-hydrogen) atoms. The standard InChI is InChI=1S/C15H13BrClNO2/c1-18(13-3-5-14(20-2)6-4-13)15(19)10-7-11(16)9-12(17)8-10/h3-9H,1-2H3. The predicted octanol–water partition coefficient (Wildman–Crippen LogP) is 4.39. The number of methoxy groups -OCH3 is 1. The van der Waals surface area contributed by atoms with Gasteiger partial charge in [-0.15, -0.1) is 0 Å². The number of carbonyl (C=O) groups is 1. The molecule has 3 nitrogen and oxygen atoms in total. The number of amides is 1. The Kier molecular flexibility index (Phi) is 4.68. The summed E-state index contributed by atoms with van der Waals surface area (Å²) in [6.45, 7) is 0. The number of benzene rings is 2. The van der Waals surface area contributed by atoms with Crippen LogP contribution in [-0.2, 0) is 0 Å². The van der Waals surface area contributed by atoms with E-state index in [1.165, 1.54) is 0 Å². The summed E-state index contributed by atoms with van der Waals surface area (Å²) in [5.41, 5.74) is 1.31. The highest BCUT2D eigenvalue weighted by molar-refractivity contribution is 9.10. The first kappa shape index (κ1) is 14.9. The zero-order valence-electron chi connectivity index (χ0n) is 11.1. The van der Waals surface area contributed by atoms with Crippen LogP contribution in [0, 0.1) is 0 Å². The van der Waals surface area contributed by atoms with Gasteiger partial charge in [0.15, 0.2) is 0 Å². The van der Waals surface area contributed by atoms with Crippen LogP contribution in [-0.4, -0.2) is 20.1 Å². The third-order valence-electron chi connectivity index (χ3n) is 2.87. The minimum absolute atomic E-state index is 0.127. The quantitative estimate of drug-likeness (QED) is 0.818. The molecule has 5 heteroatoms. The van der Waals surface area contributed by atoms with Crippen molar-refractivity contribution in [3.63, 3.8) is 0 Å². The Labute approximate surface area is 131 Å². The molecule has 0 saturated carbocycles. The van der Waals surface area contributed by atoms with E-state index in [0.29, 0.717) is 10.6 Å². The van der Waals surface area contributed by atoms with Crippen LogP contribution in [0.4, 0.5) is 5.69 Å². The lowest BCUT2D eigenvalue weighted by Crippen LogP contribution is -2.26. The summed E-state index contributed by atoms with van der Waals surface area (Å²) < 4.78 is 5.87. The average molecular weight is 355 g/mol. The van der Waals surface area contributed by atoms with E-state index in [2.05, 4.69) is 15.9 Å². The van der Waals surface area contributed by atoms with Crippen molar-refractivity contribution in [1.29, 1.82) is 0 Å². The topological polar surface area (TPSA) is 29.5 Å². The summed E-state index contributed by atoms with van der Waals surface area (Å²) in [5.74, 6) is 0.624. The van der Waals surface area contributed by atoms with Crippen molar-refractivity contribution >= 4 is 39.1 Å². The second-order valence-electron chi connectivity index (χ2n) is 4.22. The molecule has 0 saturated heterocycles. The van der Waals surface area contributed by atoms with Gasteiger partial charge in [-0.05, 0) is 42.5 Å². The maximum atomic E-state index is 12.4. The molecule has 0 fully saturated rings. The third kappa shape index (κ3) is 3.32. The molecule has 0 radical (unpaired) electrons. The van der Waals surface area contributed by atoms with Gasteiger partial charge in [-0.1, -0.05) is 27.5 Å². The number of anilines is 1. The summed E-state index contributed by atoms with van der Waals surface area (Å²) >= 11 is 9.30. The van der Waals surface area contributed by atoms with Crippen molar-refractivity contribution in [2.45, 2.75) is 0 Å². The van der Waals surface area contributed by atoms with E-state index in [0.717, 1.165) is 15.9 Å². The Hall–Kier alpha value is -1.52. The molecule has 2 aromatic carbocycles. The fourth-order valence-electron chi connectivity index (χ4n) is 1.79. The Morgan fingerprint density at radius 1 is 1.20 bits per heavy atom. The molecule has 1 amide bonds. The lowest BCUT2D eigenvalue weighted by Gasteiger charge is -2.18. The van der Waals surface area contributed by atoms with E-state index in [1.54, 1.807) is 37.3 Å². The molecule has 0 aliphatic carbocycles. The first-order valence-electron chi connectivity index (χ1n) is 5.89. The number of hydrogen-bond acceptors (Lipinski definition) is 2. The number of carbonyl (C=O) groups excluding carboxylic acids is 1. The fraction of sp³-hybridized carbons (Fsp3) is 0.133. The number of rotatable bonds is 3. The first-order chi connectivity index (χ1) is 9.51. The average Bonchev–Trinajstić information content (AvgIpc) is 2.45. The Balaban J connectivity index is 2.27. The van der Waals surface area contributed by atoms with E-state index in [9.17, 15) is 4.79 Å². The number of halogens is 2. The minimum Gasteiger partial charge on any atom is -0.497 e. The van der Waals surface area contributed by atoms with Crippen molar-refractivity contribution in [3.8, 4) is 5.75 Å². The summed E-state index contributed by atoms with van der Waals surface area (Å²) in [7, 11) is 3.33. The summed E-state index contributed by atoms with van der Waals surface area (Å²) in [4.78, 5) is 14.0. The van der Waals surface area contributed by atoms with Gasteiger partial charge < -0.3 is 9.64 Å². The van der Waals surface area contributed by atoms with E-state index < -0.39 is 0 Å². The second-order valence-corrected chi connectivity index (χ2v) is 5.57. The van der Waals surface area contributed by atoms with E-state index in [4.69, 9.17) is 16.3 Å². The molecule has 0 bridgehead atoms. The first-order valence-corrected chi connectivity index (χ1v) is 7.06. The van der Waals surface area contributed by atoms with E-state index in [-0.39, 0.29) is 5.91 Å². The van der Waals surface area contributed by atoms with Gasteiger partial charge in [0, 0.05) is 27.8 Å². The summed E-state index contributed by atoms with van der Waals surface area (Å²) in [6, 6.07) is 12.4. The van der Waals surface area contributed by atoms with Crippen molar-refractivity contribution in [2.24, 2.45) is 0 Å². The van der Waals surface area contributed by atoms with Gasteiger partial charge in [-0.3, -0.25) is 4.79 Å². The third-order valence-corrected chi connectivity index (χ3v) is 3.55. The van der Waals surface area contributed by atoms with E-state index >= 15 is 0 Å². The van der Waals surface area contributed by atoms with Crippen molar-refractivity contribution < 1.29 is 9.53 Å². The Bertz CT molecular complexity index is 608. The van der Waals surface area contributed by atoms with Crippen LogP contribution in [0.5, 0.6) is 5.75 Å². The van der Waals surface area contributed by atoms with Crippen LogP contribution in [0.15, 0.2) is 46.9 Å². The molecule has 0 N–H and O–H groups in total. The molecule has 0 heterocycles. The second kappa shape index (κ2) is 6.29. The maximum Gasteiger partial charge on any atom is 0.258 e. The Morgan fingerprint density at radius 2 is 1.85 bits per heavy atom. The van der Waals surface area contributed by atoms with Crippen molar-refractivity contribution in [1.82, 2.24) is 0 Å². The normalized spacial score (nSPS) is 10.2. The van der Waals surface area contributed by atoms with Gasteiger partial charge in [-0.25, -0.2) is 0 Å². The van der Waals surface area contributed by atoms with E-state index in [1.807, 2.05) is 24.3 Å². The zero-order valence-corrected chi connectivity index (χ0v) is 13.4. The van der Waals surface area contributed by atoms with Crippen LogP contribution in [0.2, 0.25) is 5.02 Å².